The molecule has 1 aliphatic rings. The van der Waals surface area contributed by atoms with E-state index in [2.05, 4.69) is 5.32 Å². The van der Waals surface area contributed by atoms with Gasteiger partial charge in [-0.2, -0.15) is 0 Å². The monoisotopic (exact) mass is 346 g/mol. The molecule has 1 heterocycles. The smallest absolute Gasteiger partial charge is 0.269 e. The van der Waals surface area contributed by atoms with E-state index in [4.69, 9.17) is 11.6 Å². The van der Waals surface area contributed by atoms with Crippen LogP contribution in [0.2, 0.25) is 5.02 Å². The third-order valence-corrected chi connectivity index (χ3v) is 4.12. The lowest BCUT2D eigenvalue weighted by molar-refractivity contribution is -0.385. The van der Waals surface area contributed by atoms with Gasteiger partial charge in [0.15, 0.2) is 11.4 Å². The van der Waals surface area contributed by atoms with Gasteiger partial charge >= 0.3 is 0 Å². The molecule has 0 radical (unpaired) electrons. The number of fused-ring (bicyclic) bond motifs is 1. The van der Waals surface area contributed by atoms with E-state index in [1.807, 2.05) is 0 Å². The number of rotatable bonds is 4. The van der Waals surface area contributed by atoms with Crippen molar-refractivity contribution < 1.29 is 19.6 Å². The molecule has 24 heavy (non-hydrogen) atoms. The lowest BCUT2D eigenvalue weighted by Crippen LogP contribution is -2.36. The summed E-state index contributed by atoms with van der Waals surface area (Å²) in [6.45, 7) is 0. The normalized spacial score (nSPS) is 18.8. The molecule has 0 aliphatic carbocycles. The van der Waals surface area contributed by atoms with E-state index in [0.717, 1.165) is 6.07 Å². The Kier molecular flexibility index (Phi) is 3.82. The first-order valence-corrected chi connectivity index (χ1v) is 7.30. The maximum absolute atomic E-state index is 12.4. The molecule has 0 saturated carbocycles. The van der Waals surface area contributed by atoms with Gasteiger partial charge in [0.05, 0.1) is 11.3 Å². The van der Waals surface area contributed by atoms with Crippen LogP contribution in [0.15, 0.2) is 42.5 Å². The molecule has 3 rings (SSSR count). The van der Waals surface area contributed by atoms with E-state index >= 15 is 0 Å². The highest BCUT2D eigenvalue weighted by Crippen LogP contribution is 2.40. The fourth-order valence-corrected chi connectivity index (χ4v) is 2.72. The molecule has 7 nitrogen and oxygen atoms in total. The molecule has 1 atom stereocenters. The van der Waals surface area contributed by atoms with Crippen molar-refractivity contribution in [1.29, 1.82) is 0 Å². The Balaban J connectivity index is 1.97. The minimum atomic E-state index is -2.15. The summed E-state index contributed by atoms with van der Waals surface area (Å²) in [4.78, 5) is 34.8. The zero-order valence-electron chi connectivity index (χ0n) is 12.2. The van der Waals surface area contributed by atoms with E-state index in [9.17, 15) is 24.8 Å². The number of benzene rings is 2. The highest BCUT2D eigenvalue weighted by molar-refractivity contribution is 6.30. The molecule has 0 bridgehead atoms. The fraction of sp³-hybridized carbons (Fsp3) is 0.125. The van der Waals surface area contributed by atoms with Crippen molar-refractivity contribution in [2.45, 2.75) is 12.0 Å². The standard InChI is InChI=1S/C16H11ClN2O5/c17-10-3-1-9(2-4-10)14(20)8-16(22)12-7-11(19(23)24)5-6-13(12)18-15(16)21/h1-7,22H,8H2,(H,18,21). The number of aliphatic hydroxyl groups is 1. The van der Waals surface area contributed by atoms with Crippen LogP contribution in [0.3, 0.4) is 0 Å². The molecule has 1 unspecified atom stereocenters. The van der Waals surface area contributed by atoms with Crippen LogP contribution in [0.4, 0.5) is 11.4 Å². The SMILES string of the molecule is O=C(CC1(O)C(=O)Nc2ccc([N+](=O)[O-])cc21)c1ccc(Cl)cc1. The Morgan fingerprint density at radius 2 is 1.92 bits per heavy atom. The number of amides is 1. The molecule has 0 fully saturated rings. The maximum atomic E-state index is 12.4. The van der Waals surface area contributed by atoms with Crippen LogP contribution in [-0.2, 0) is 10.4 Å². The predicted octanol–water partition coefficient (Wildman–Crippen LogP) is 2.66. The first kappa shape index (κ1) is 16.1. The topological polar surface area (TPSA) is 110 Å². The second kappa shape index (κ2) is 5.70. The fourth-order valence-electron chi connectivity index (χ4n) is 2.59. The second-order valence-electron chi connectivity index (χ2n) is 5.41. The zero-order valence-corrected chi connectivity index (χ0v) is 12.9. The summed E-state index contributed by atoms with van der Waals surface area (Å²) in [5.41, 5.74) is -1.89. The van der Waals surface area contributed by atoms with E-state index < -0.39 is 28.6 Å². The van der Waals surface area contributed by atoms with Crippen molar-refractivity contribution >= 4 is 34.7 Å². The lowest BCUT2D eigenvalue weighted by atomic mass is 9.88. The third kappa shape index (κ3) is 2.64. The highest BCUT2D eigenvalue weighted by Gasteiger charge is 2.47. The average molecular weight is 347 g/mol. The molecule has 0 aromatic heterocycles. The molecular formula is C16H11ClN2O5. The minimum absolute atomic E-state index is 0.0176. The van der Waals surface area contributed by atoms with Gasteiger partial charge in [-0.05, 0) is 30.3 Å². The number of Topliss-reactive ketones (excluding diaryl/α,β-unsaturated/α-hetero) is 1. The summed E-state index contributed by atoms with van der Waals surface area (Å²) in [6, 6.07) is 9.65. The van der Waals surface area contributed by atoms with Crippen molar-refractivity contribution in [3.8, 4) is 0 Å². The summed E-state index contributed by atoms with van der Waals surface area (Å²) in [6.07, 6.45) is -0.533. The molecule has 0 saturated heterocycles. The summed E-state index contributed by atoms with van der Waals surface area (Å²) >= 11 is 5.76. The number of carbonyl (C=O) groups excluding carboxylic acids is 2. The first-order chi connectivity index (χ1) is 11.3. The lowest BCUT2D eigenvalue weighted by Gasteiger charge is -2.19. The van der Waals surface area contributed by atoms with Crippen molar-refractivity contribution in [3.63, 3.8) is 0 Å². The zero-order chi connectivity index (χ0) is 17.5. The van der Waals surface area contributed by atoms with Crippen LogP contribution < -0.4 is 5.32 Å². The summed E-state index contributed by atoms with van der Waals surface area (Å²) in [5.74, 6) is -1.27. The molecule has 1 amide bonds. The number of nitro benzene ring substituents is 1. The van der Waals surface area contributed by atoms with E-state index in [0.29, 0.717) is 5.02 Å². The Labute approximate surface area is 141 Å². The van der Waals surface area contributed by atoms with E-state index in [-0.39, 0.29) is 22.5 Å². The Bertz CT molecular complexity index is 865. The van der Waals surface area contributed by atoms with E-state index in [1.54, 1.807) is 0 Å². The van der Waals surface area contributed by atoms with E-state index in [1.165, 1.54) is 36.4 Å². The Morgan fingerprint density at radius 1 is 1.25 bits per heavy atom. The van der Waals surface area contributed by atoms with Crippen LogP contribution in [0, 0.1) is 10.1 Å². The largest absolute Gasteiger partial charge is 0.375 e. The van der Waals surface area contributed by atoms with Crippen molar-refractivity contribution in [1.82, 2.24) is 0 Å². The summed E-state index contributed by atoms with van der Waals surface area (Å²) in [7, 11) is 0. The number of nitrogens with one attached hydrogen (secondary N) is 1. The van der Waals surface area contributed by atoms with Gasteiger partial charge in [-0.25, -0.2) is 0 Å². The molecule has 8 heteroatoms. The van der Waals surface area contributed by atoms with Gasteiger partial charge in [0, 0.05) is 34.0 Å². The van der Waals surface area contributed by atoms with Gasteiger partial charge in [-0.1, -0.05) is 11.6 Å². The molecule has 1 aliphatic heterocycles. The third-order valence-electron chi connectivity index (χ3n) is 3.87. The van der Waals surface area contributed by atoms with Gasteiger partial charge in [0.2, 0.25) is 0 Å². The van der Waals surface area contributed by atoms with Gasteiger partial charge in [0.25, 0.3) is 11.6 Å². The van der Waals surface area contributed by atoms with Crippen LogP contribution >= 0.6 is 11.6 Å². The van der Waals surface area contributed by atoms with Crippen LogP contribution in [0.5, 0.6) is 0 Å². The van der Waals surface area contributed by atoms with Crippen molar-refractivity contribution in [2.24, 2.45) is 0 Å². The van der Waals surface area contributed by atoms with Crippen LogP contribution in [-0.4, -0.2) is 21.7 Å². The van der Waals surface area contributed by atoms with Crippen LogP contribution in [0.1, 0.15) is 22.3 Å². The first-order valence-electron chi connectivity index (χ1n) is 6.93. The van der Waals surface area contributed by atoms with Crippen molar-refractivity contribution in [3.05, 3.63) is 68.7 Å². The second-order valence-corrected chi connectivity index (χ2v) is 5.84. The minimum Gasteiger partial charge on any atom is -0.375 e. The van der Waals surface area contributed by atoms with Crippen molar-refractivity contribution in [2.75, 3.05) is 5.32 Å². The number of hydrogen-bond acceptors (Lipinski definition) is 5. The van der Waals surface area contributed by atoms with Gasteiger partial charge in [-0.15, -0.1) is 0 Å². The summed E-state index contributed by atoms with van der Waals surface area (Å²) < 4.78 is 0. The molecular weight excluding hydrogens is 336 g/mol. The number of halogens is 1. The van der Waals surface area contributed by atoms with Gasteiger partial charge in [-0.3, -0.25) is 19.7 Å². The average Bonchev–Trinajstić information content (AvgIpc) is 2.78. The Hall–Kier alpha value is -2.77. The number of non-ortho nitro benzene ring substituents is 1. The molecule has 2 aromatic rings. The Morgan fingerprint density at radius 3 is 2.54 bits per heavy atom. The van der Waals surface area contributed by atoms with Crippen LogP contribution in [0.25, 0.3) is 0 Å². The quantitative estimate of drug-likeness (QED) is 0.502. The molecule has 0 spiro atoms. The maximum Gasteiger partial charge on any atom is 0.269 e. The molecule has 2 aromatic carbocycles. The number of nitrogens with zero attached hydrogens (tertiary/aromatic N) is 1. The number of nitro groups is 1. The predicted molar refractivity (Wildman–Crippen MR) is 86.0 cm³/mol. The number of anilines is 1. The van der Waals surface area contributed by atoms with Gasteiger partial charge in [0.1, 0.15) is 0 Å². The number of carbonyl (C=O) groups is 2. The molecule has 122 valence electrons. The number of ketones is 1. The molecule has 2 N–H and O–H groups in total. The summed E-state index contributed by atoms with van der Waals surface area (Å²) in [5, 5.41) is 24.5. The number of hydrogen-bond donors (Lipinski definition) is 2. The highest BCUT2D eigenvalue weighted by atomic mass is 35.5. The van der Waals surface area contributed by atoms with Gasteiger partial charge < -0.3 is 10.4 Å².